The molecular formula is C13H18O5. The third-order valence-corrected chi connectivity index (χ3v) is 2.43. The number of hydrogen-bond acceptors (Lipinski definition) is 5. The van der Waals surface area contributed by atoms with E-state index in [-0.39, 0.29) is 6.42 Å². The number of carbonyl (C=O) groups excluding carboxylic acids is 1. The summed E-state index contributed by atoms with van der Waals surface area (Å²) in [7, 11) is 2.78. The normalized spacial score (nSPS) is 11.8. The summed E-state index contributed by atoms with van der Waals surface area (Å²) in [5.41, 5.74) is 0.771. The lowest BCUT2D eigenvalue weighted by Crippen LogP contribution is -2.24. The molecule has 1 atom stereocenters. The van der Waals surface area contributed by atoms with Gasteiger partial charge in [-0.1, -0.05) is 6.07 Å². The number of aliphatic hydroxyl groups excluding tert-OH is 1. The number of benzene rings is 1. The maximum absolute atomic E-state index is 11.1. The second kappa shape index (κ2) is 6.86. The molecule has 1 N–H and O–H groups in total. The van der Waals surface area contributed by atoms with Gasteiger partial charge in [0.1, 0.15) is 0 Å². The van der Waals surface area contributed by atoms with Crippen molar-refractivity contribution in [2.75, 3.05) is 20.8 Å². The quantitative estimate of drug-likeness (QED) is 0.772. The lowest BCUT2D eigenvalue weighted by molar-refractivity contribution is -0.150. The Morgan fingerprint density at radius 1 is 1.33 bits per heavy atom. The van der Waals surface area contributed by atoms with Crippen molar-refractivity contribution in [1.82, 2.24) is 0 Å². The Balaban J connectivity index is 2.82. The highest BCUT2D eigenvalue weighted by molar-refractivity contribution is 5.74. The molecule has 0 radical (unpaired) electrons. The van der Waals surface area contributed by atoms with Crippen molar-refractivity contribution in [2.24, 2.45) is 0 Å². The second-order valence-electron chi connectivity index (χ2n) is 3.66. The van der Waals surface area contributed by atoms with E-state index in [1.807, 2.05) is 6.92 Å². The fourth-order valence-corrected chi connectivity index (χ4v) is 1.56. The van der Waals surface area contributed by atoms with Gasteiger partial charge >= 0.3 is 5.97 Å². The van der Waals surface area contributed by atoms with Gasteiger partial charge in [0.05, 0.1) is 20.8 Å². The molecule has 5 nitrogen and oxygen atoms in total. The van der Waals surface area contributed by atoms with Gasteiger partial charge < -0.3 is 19.3 Å². The molecule has 1 rings (SSSR count). The molecule has 0 aliphatic rings. The van der Waals surface area contributed by atoms with E-state index in [2.05, 4.69) is 4.74 Å². The molecular weight excluding hydrogens is 236 g/mol. The van der Waals surface area contributed by atoms with Gasteiger partial charge in [-0.2, -0.15) is 0 Å². The van der Waals surface area contributed by atoms with Gasteiger partial charge in [-0.25, -0.2) is 4.79 Å². The average molecular weight is 254 g/mol. The maximum atomic E-state index is 11.1. The minimum absolute atomic E-state index is 0.176. The van der Waals surface area contributed by atoms with Crippen LogP contribution < -0.4 is 9.47 Å². The van der Waals surface area contributed by atoms with Crippen LogP contribution in [0.3, 0.4) is 0 Å². The van der Waals surface area contributed by atoms with Crippen molar-refractivity contribution < 1.29 is 24.1 Å². The molecule has 100 valence electrons. The Morgan fingerprint density at radius 2 is 2.06 bits per heavy atom. The molecule has 0 aliphatic heterocycles. The predicted octanol–water partition coefficient (Wildman–Crippen LogP) is 1.17. The molecule has 0 spiro atoms. The molecule has 1 aromatic rings. The third kappa shape index (κ3) is 3.63. The molecule has 5 heteroatoms. The first kappa shape index (κ1) is 14.3. The summed E-state index contributed by atoms with van der Waals surface area (Å²) in [4.78, 5) is 11.1. The number of esters is 1. The molecule has 0 saturated heterocycles. The molecule has 0 heterocycles. The molecule has 0 amide bonds. The zero-order chi connectivity index (χ0) is 13.5. The van der Waals surface area contributed by atoms with Crippen LogP contribution in [0.4, 0.5) is 0 Å². The molecule has 0 aliphatic carbocycles. The fourth-order valence-electron chi connectivity index (χ4n) is 1.56. The van der Waals surface area contributed by atoms with E-state index in [1.54, 1.807) is 25.3 Å². The molecule has 0 bridgehead atoms. The summed E-state index contributed by atoms with van der Waals surface area (Å²) in [6.07, 6.45) is -0.993. The standard InChI is InChI=1S/C13H18O5/c1-4-18-11-6-5-9(8-12(11)16-2)7-10(14)13(15)17-3/h5-6,8,10,14H,4,7H2,1-3H3. The summed E-state index contributed by atoms with van der Waals surface area (Å²) >= 11 is 0. The molecule has 1 unspecified atom stereocenters. The van der Waals surface area contributed by atoms with E-state index < -0.39 is 12.1 Å². The average Bonchev–Trinajstić information content (AvgIpc) is 2.39. The van der Waals surface area contributed by atoms with Crippen molar-refractivity contribution >= 4 is 5.97 Å². The predicted molar refractivity (Wildman–Crippen MR) is 65.9 cm³/mol. The summed E-state index contributed by atoms with van der Waals surface area (Å²) in [6, 6.07) is 5.26. The zero-order valence-corrected chi connectivity index (χ0v) is 10.8. The molecule has 0 saturated carbocycles. The van der Waals surface area contributed by atoms with Gasteiger partial charge in [0.25, 0.3) is 0 Å². The van der Waals surface area contributed by atoms with E-state index in [9.17, 15) is 9.90 Å². The highest BCUT2D eigenvalue weighted by Gasteiger charge is 2.16. The first-order valence-electron chi connectivity index (χ1n) is 5.68. The molecule has 18 heavy (non-hydrogen) atoms. The van der Waals surface area contributed by atoms with Gasteiger partial charge in [0.15, 0.2) is 17.6 Å². The van der Waals surface area contributed by atoms with Crippen LogP contribution in [0.2, 0.25) is 0 Å². The lowest BCUT2D eigenvalue weighted by atomic mass is 10.1. The smallest absolute Gasteiger partial charge is 0.335 e. The summed E-state index contributed by atoms with van der Waals surface area (Å²) in [5.74, 6) is 0.561. The Labute approximate surface area is 106 Å². The van der Waals surface area contributed by atoms with Crippen LogP contribution in [-0.2, 0) is 16.0 Å². The number of methoxy groups -OCH3 is 2. The Kier molecular flexibility index (Phi) is 5.45. The zero-order valence-electron chi connectivity index (χ0n) is 10.8. The number of ether oxygens (including phenoxy) is 3. The first-order chi connectivity index (χ1) is 8.62. The molecule has 0 fully saturated rings. The Morgan fingerprint density at radius 3 is 2.61 bits per heavy atom. The highest BCUT2D eigenvalue weighted by Crippen LogP contribution is 2.28. The van der Waals surface area contributed by atoms with Crippen molar-refractivity contribution in [3.8, 4) is 11.5 Å². The van der Waals surface area contributed by atoms with Crippen molar-refractivity contribution in [3.63, 3.8) is 0 Å². The third-order valence-electron chi connectivity index (χ3n) is 2.43. The van der Waals surface area contributed by atoms with Crippen LogP contribution in [0.1, 0.15) is 12.5 Å². The van der Waals surface area contributed by atoms with Crippen LogP contribution in [-0.4, -0.2) is 38.0 Å². The first-order valence-corrected chi connectivity index (χ1v) is 5.68. The van der Waals surface area contributed by atoms with Gasteiger partial charge in [-0.15, -0.1) is 0 Å². The molecule has 0 aromatic heterocycles. The van der Waals surface area contributed by atoms with Crippen LogP contribution in [0.15, 0.2) is 18.2 Å². The van der Waals surface area contributed by atoms with Gasteiger partial charge in [-0.3, -0.25) is 0 Å². The van der Waals surface area contributed by atoms with Crippen molar-refractivity contribution in [3.05, 3.63) is 23.8 Å². The summed E-state index contributed by atoms with van der Waals surface area (Å²) in [6.45, 7) is 2.43. The second-order valence-corrected chi connectivity index (χ2v) is 3.66. The van der Waals surface area contributed by atoms with E-state index >= 15 is 0 Å². The van der Waals surface area contributed by atoms with Crippen LogP contribution in [0, 0.1) is 0 Å². The topological polar surface area (TPSA) is 65.0 Å². The van der Waals surface area contributed by atoms with Gasteiger partial charge in [0, 0.05) is 6.42 Å². The SMILES string of the molecule is CCOc1ccc(CC(O)C(=O)OC)cc1OC. The maximum Gasteiger partial charge on any atom is 0.335 e. The van der Waals surface area contributed by atoms with Crippen molar-refractivity contribution in [1.29, 1.82) is 0 Å². The highest BCUT2D eigenvalue weighted by atomic mass is 16.5. The lowest BCUT2D eigenvalue weighted by Gasteiger charge is -2.12. The number of aliphatic hydroxyl groups is 1. The van der Waals surface area contributed by atoms with Gasteiger partial charge in [0.2, 0.25) is 0 Å². The molecule has 1 aromatic carbocycles. The minimum atomic E-state index is -1.17. The van der Waals surface area contributed by atoms with Crippen LogP contribution >= 0.6 is 0 Å². The van der Waals surface area contributed by atoms with E-state index in [4.69, 9.17) is 9.47 Å². The number of rotatable bonds is 6. The largest absolute Gasteiger partial charge is 0.493 e. The monoisotopic (exact) mass is 254 g/mol. The van der Waals surface area contributed by atoms with Gasteiger partial charge in [-0.05, 0) is 24.6 Å². The Bertz CT molecular complexity index is 402. The van der Waals surface area contributed by atoms with E-state index in [0.29, 0.717) is 18.1 Å². The number of carbonyl (C=O) groups is 1. The number of hydrogen-bond donors (Lipinski definition) is 1. The Hall–Kier alpha value is -1.75. The van der Waals surface area contributed by atoms with Crippen molar-refractivity contribution in [2.45, 2.75) is 19.4 Å². The van der Waals surface area contributed by atoms with E-state index in [1.165, 1.54) is 7.11 Å². The summed E-state index contributed by atoms with van der Waals surface area (Å²) in [5, 5.41) is 9.56. The summed E-state index contributed by atoms with van der Waals surface area (Å²) < 4.78 is 15.0. The van der Waals surface area contributed by atoms with E-state index in [0.717, 1.165) is 5.56 Å². The fraction of sp³-hybridized carbons (Fsp3) is 0.462. The van der Waals surface area contributed by atoms with Crippen LogP contribution in [0.25, 0.3) is 0 Å². The minimum Gasteiger partial charge on any atom is -0.493 e. The van der Waals surface area contributed by atoms with Crippen LogP contribution in [0.5, 0.6) is 11.5 Å².